The molecule has 0 fully saturated rings. The van der Waals surface area contributed by atoms with Gasteiger partial charge in [0, 0.05) is 21.2 Å². The number of nitrogens with zero attached hydrogens (tertiary/aromatic N) is 3. The first kappa shape index (κ1) is 24.9. The molecule has 4 nitrogen and oxygen atoms in total. The number of halogens is 1. The van der Waals surface area contributed by atoms with Crippen LogP contribution in [0.5, 0.6) is 0 Å². The fraction of sp³-hybridized carbons (Fsp3) is 0.0294. The van der Waals surface area contributed by atoms with Crippen LogP contribution >= 0.6 is 15.9 Å². The smallest absolute Gasteiger partial charge is 0.175 e. The van der Waals surface area contributed by atoms with Crippen molar-refractivity contribution in [3.63, 3.8) is 0 Å². The Morgan fingerprint density at radius 2 is 0.949 bits per heavy atom. The molecule has 6 rings (SSSR count). The minimum absolute atomic E-state index is 0.251. The maximum atomic E-state index is 12.9. The predicted octanol–water partition coefficient (Wildman–Crippen LogP) is 7.92. The molecule has 188 valence electrons. The summed E-state index contributed by atoms with van der Waals surface area (Å²) in [4.78, 5) is 14.7. The van der Waals surface area contributed by atoms with Crippen molar-refractivity contribution in [2.75, 3.05) is 0 Å². The van der Waals surface area contributed by atoms with Crippen molar-refractivity contribution in [3.8, 4) is 33.9 Å². The Morgan fingerprint density at radius 1 is 0.487 bits per heavy atom. The predicted molar refractivity (Wildman–Crippen MR) is 159 cm³/mol. The molecule has 1 aromatic heterocycles. The molecule has 1 unspecified atom stereocenters. The van der Waals surface area contributed by atoms with Gasteiger partial charge in [-0.25, -0.2) is 15.0 Å². The quantitative estimate of drug-likeness (QED) is 0.221. The summed E-state index contributed by atoms with van der Waals surface area (Å²) >= 11 is 3.54. The lowest BCUT2D eigenvalue weighted by Gasteiger charge is -2.30. The zero-order valence-corrected chi connectivity index (χ0v) is 22.5. The lowest BCUT2D eigenvalue weighted by molar-refractivity contribution is 0.116. The topological polar surface area (TPSA) is 58.9 Å². The number of aliphatic hydroxyl groups is 1. The Balaban J connectivity index is 1.67. The SMILES string of the molecule is OC(c1ccc(Br)cc1)(c1nc(-c2ccccc2)nc(-c2ccccc2)n1)c1ccccc1-c1ccccc1. The monoisotopic (exact) mass is 569 g/mol. The third kappa shape index (κ3) is 4.90. The molecule has 39 heavy (non-hydrogen) atoms. The van der Waals surface area contributed by atoms with Gasteiger partial charge in [-0.05, 0) is 28.8 Å². The Labute approximate surface area is 235 Å². The summed E-state index contributed by atoms with van der Waals surface area (Å²) in [5.41, 5.74) is 3.22. The molecule has 0 aliphatic carbocycles. The molecule has 1 atom stereocenters. The minimum Gasteiger partial charge on any atom is -0.373 e. The van der Waals surface area contributed by atoms with Gasteiger partial charge in [-0.15, -0.1) is 0 Å². The summed E-state index contributed by atoms with van der Waals surface area (Å²) in [6.45, 7) is 0. The molecule has 5 aromatic carbocycles. The number of rotatable bonds is 6. The van der Waals surface area contributed by atoms with E-state index in [1.807, 2.05) is 140 Å². The zero-order chi connectivity index (χ0) is 26.7. The summed E-state index contributed by atoms with van der Waals surface area (Å²) in [5.74, 6) is 1.24. The Morgan fingerprint density at radius 3 is 1.49 bits per heavy atom. The Bertz CT molecular complexity index is 1650. The third-order valence-corrected chi connectivity index (χ3v) is 7.22. The fourth-order valence-electron chi connectivity index (χ4n) is 4.73. The lowest BCUT2D eigenvalue weighted by Crippen LogP contribution is -2.32. The van der Waals surface area contributed by atoms with E-state index in [0.29, 0.717) is 22.8 Å². The second kappa shape index (κ2) is 10.7. The summed E-state index contributed by atoms with van der Waals surface area (Å²) in [7, 11) is 0. The lowest BCUT2D eigenvalue weighted by atomic mass is 9.81. The van der Waals surface area contributed by atoms with Crippen molar-refractivity contribution in [1.82, 2.24) is 15.0 Å². The molecule has 0 aliphatic heterocycles. The van der Waals surface area contributed by atoms with Crippen molar-refractivity contribution >= 4 is 15.9 Å². The molecule has 0 bridgehead atoms. The van der Waals surface area contributed by atoms with Gasteiger partial charge in [0.1, 0.15) is 0 Å². The second-order valence-corrected chi connectivity index (χ2v) is 10.1. The van der Waals surface area contributed by atoms with E-state index in [1.165, 1.54) is 0 Å². The molecule has 0 spiro atoms. The van der Waals surface area contributed by atoms with E-state index in [4.69, 9.17) is 15.0 Å². The minimum atomic E-state index is -1.68. The summed E-state index contributed by atoms with van der Waals surface area (Å²) < 4.78 is 0.913. The van der Waals surface area contributed by atoms with Crippen LogP contribution in [-0.4, -0.2) is 20.1 Å². The highest BCUT2D eigenvalue weighted by Gasteiger charge is 2.40. The van der Waals surface area contributed by atoms with Gasteiger partial charge in [0.05, 0.1) is 0 Å². The van der Waals surface area contributed by atoms with E-state index >= 15 is 0 Å². The molecule has 0 radical (unpaired) electrons. The summed E-state index contributed by atoms with van der Waals surface area (Å²) in [6.07, 6.45) is 0. The zero-order valence-electron chi connectivity index (χ0n) is 20.9. The van der Waals surface area contributed by atoms with Crippen LogP contribution in [0.25, 0.3) is 33.9 Å². The van der Waals surface area contributed by atoms with E-state index < -0.39 is 5.60 Å². The molecule has 1 N–H and O–H groups in total. The number of aromatic nitrogens is 3. The fourth-order valence-corrected chi connectivity index (χ4v) is 5.00. The highest BCUT2D eigenvalue weighted by Crippen LogP contribution is 2.41. The highest BCUT2D eigenvalue weighted by atomic mass is 79.9. The Kier molecular flexibility index (Phi) is 6.84. The summed E-state index contributed by atoms with van der Waals surface area (Å²) in [6, 6.07) is 45.1. The van der Waals surface area contributed by atoms with Crippen molar-refractivity contribution in [1.29, 1.82) is 0 Å². The Hall–Kier alpha value is -4.45. The van der Waals surface area contributed by atoms with Gasteiger partial charge in [0.25, 0.3) is 0 Å². The van der Waals surface area contributed by atoms with Crippen LogP contribution in [0, 0.1) is 0 Å². The van der Waals surface area contributed by atoms with E-state index in [1.54, 1.807) is 0 Å². The normalized spacial score (nSPS) is 12.6. The average molecular weight is 570 g/mol. The molecule has 0 saturated heterocycles. The number of hydrogen-bond donors (Lipinski definition) is 1. The standard InChI is InChI=1S/C34H24BrN3O/c35-28-22-20-27(21-23-28)34(39,30-19-11-10-18-29(30)24-12-4-1-5-13-24)33-37-31(25-14-6-2-7-15-25)36-32(38-33)26-16-8-3-9-17-26/h1-23,39H. The van der Waals surface area contributed by atoms with Gasteiger partial charge < -0.3 is 5.11 Å². The van der Waals surface area contributed by atoms with E-state index in [0.717, 1.165) is 26.7 Å². The van der Waals surface area contributed by atoms with E-state index in [9.17, 15) is 5.11 Å². The van der Waals surface area contributed by atoms with Crippen LogP contribution in [0.4, 0.5) is 0 Å². The van der Waals surface area contributed by atoms with Crippen molar-refractivity contribution in [3.05, 3.63) is 161 Å². The van der Waals surface area contributed by atoms with Crippen molar-refractivity contribution < 1.29 is 5.11 Å². The molecule has 1 heterocycles. The molecular formula is C34H24BrN3O. The van der Waals surface area contributed by atoms with Gasteiger partial charge in [-0.3, -0.25) is 0 Å². The van der Waals surface area contributed by atoms with Gasteiger partial charge in [0.15, 0.2) is 23.1 Å². The molecule has 0 saturated carbocycles. The highest BCUT2D eigenvalue weighted by molar-refractivity contribution is 9.10. The summed E-state index contributed by atoms with van der Waals surface area (Å²) in [5, 5.41) is 12.9. The van der Waals surface area contributed by atoms with E-state index in [2.05, 4.69) is 15.9 Å². The number of benzene rings is 5. The first-order valence-electron chi connectivity index (χ1n) is 12.6. The third-order valence-electron chi connectivity index (χ3n) is 6.69. The largest absolute Gasteiger partial charge is 0.373 e. The van der Waals surface area contributed by atoms with Crippen LogP contribution in [-0.2, 0) is 5.60 Å². The first-order valence-corrected chi connectivity index (χ1v) is 13.4. The van der Waals surface area contributed by atoms with Crippen LogP contribution in [0.15, 0.2) is 144 Å². The van der Waals surface area contributed by atoms with Gasteiger partial charge in [0.2, 0.25) is 0 Å². The second-order valence-electron chi connectivity index (χ2n) is 9.17. The molecule has 6 aromatic rings. The maximum Gasteiger partial charge on any atom is 0.175 e. The van der Waals surface area contributed by atoms with Gasteiger partial charge in [-0.2, -0.15) is 0 Å². The molecule has 0 aliphatic rings. The molecule has 5 heteroatoms. The first-order chi connectivity index (χ1) is 19.1. The van der Waals surface area contributed by atoms with Crippen LogP contribution in [0.2, 0.25) is 0 Å². The number of hydrogen-bond acceptors (Lipinski definition) is 4. The molecule has 0 amide bonds. The molecular weight excluding hydrogens is 546 g/mol. The van der Waals surface area contributed by atoms with Crippen LogP contribution < -0.4 is 0 Å². The maximum absolute atomic E-state index is 12.9. The van der Waals surface area contributed by atoms with Gasteiger partial charge in [-0.1, -0.05) is 143 Å². The van der Waals surface area contributed by atoms with Crippen LogP contribution in [0.3, 0.4) is 0 Å². The van der Waals surface area contributed by atoms with Crippen molar-refractivity contribution in [2.45, 2.75) is 5.60 Å². The van der Waals surface area contributed by atoms with Crippen molar-refractivity contribution in [2.24, 2.45) is 0 Å². The van der Waals surface area contributed by atoms with E-state index in [-0.39, 0.29) is 5.82 Å². The average Bonchev–Trinajstić information content (AvgIpc) is 3.02. The van der Waals surface area contributed by atoms with Gasteiger partial charge >= 0.3 is 0 Å². The van der Waals surface area contributed by atoms with Crippen LogP contribution in [0.1, 0.15) is 17.0 Å².